The van der Waals surface area contributed by atoms with Crippen molar-refractivity contribution in [2.45, 2.75) is 91.8 Å². The molecular formula is C51H55ClN8O6. The first-order valence-corrected chi connectivity index (χ1v) is 22.1. The Bertz CT molecular complexity index is 2580. The van der Waals surface area contributed by atoms with Crippen molar-refractivity contribution in [1.82, 2.24) is 25.8 Å². The number of benzene rings is 3. The molecule has 66 heavy (non-hydrogen) atoms. The van der Waals surface area contributed by atoms with Crippen molar-refractivity contribution in [3.63, 3.8) is 0 Å². The van der Waals surface area contributed by atoms with Gasteiger partial charge in [0.05, 0.1) is 47.5 Å². The Kier molecular flexibility index (Phi) is 14.9. The summed E-state index contributed by atoms with van der Waals surface area (Å²) in [6.07, 6.45) is 0.564. The molecule has 5 N–H and O–H groups in total. The molecule has 2 aliphatic rings. The van der Waals surface area contributed by atoms with Gasteiger partial charge in [-0.25, -0.2) is 4.98 Å². The fourth-order valence-electron chi connectivity index (χ4n) is 8.94. The van der Waals surface area contributed by atoms with E-state index in [1.54, 1.807) is 85.1 Å². The van der Waals surface area contributed by atoms with Crippen LogP contribution in [0.2, 0.25) is 5.02 Å². The molecular weight excluding hydrogens is 856 g/mol. The zero-order chi connectivity index (χ0) is 48.0. The molecule has 0 unspecified atom stereocenters. The predicted molar refractivity (Wildman–Crippen MR) is 250 cm³/mol. The van der Waals surface area contributed by atoms with Gasteiger partial charge in [0, 0.05) is 65.3 Å². The van der Waals surface area contributed by atoms with Gasteiger partial charge in [0.25, 0.3) is 5.91 Å². The van der Waals surface area contributed by atoms with E-state index in [2.05, 4.69) is 50.2 Å². The van der Waals surface area contributed by atoms with Crippen LogP contribution >= 0.6 is 11.6 Å². The number of pyridine rings is 1. The minimum Gasteiger partial charge on any atom is -0.489 e. The van der Waals surface area contributed by atoms with Gasteiger partial charge in [-0.2, -0.15) is 10.5 Å². The Morgan fingerprint density at radius 1 is 0.894 bits per heavy atom. The summed E-state index contributed by atoms with van der Waals surface area (Å²) in [6, 6.07) is 24.5. The molecule has 1 saturated heterocycles. The number of aromatic nitrogens is 1. The number of amides is 3. The van der Waals surface area contributed by atoms with Crippen LogP contribution in [0.1, 0.15) is 93.1 Å². The lowest BCUT2D eigenvalue weighted by molar-refractivity contribution is -0.164. The summed E-state index contributed by atoms with van der Waals surface area (Å²) >= 11 is 6.23. The predicted octanol–water partition coefficient (Wildman–Crippen LogP) is 5.75. The van der Waals surface area contributed by atoms with Crippen LogP contribution in [0.15, 0.2) is 85.1 Å². The Morgan fingerprint density at radius 3 is 2.15 bits per heavy atom. The molecule has 15 heteroatoms. The fourth-order valence-corrected chi connectivity index (χ4v) is 9.15. The number of hydrogen-bond donors (Lipinski definition) is 5. The highest BCUT2D eigenvalue weighted by Crippen LogP contribution is 2.55. The van der Waals surface area contributed by atoms with E-state index in [-0.39, 0.29) is 49.9 Å². The molecule has 1 saturated carbocycles. The van der Waals surface area contributed by atoms with Crippen LogP contribution in [0.25, 0.3) is 0 Å². The molecule has 3 atom stereocenters. The first-order chi connectivity index (χ1) is 31.2. The number of anilines is 1. The molecule has 342 valence electrons. The smallest absolute Gasteiger partial charge is 0.251 e. The van der Waals surface area contributed by atoms with Crippen LogP contribution in [0.4, 0.5) is 5.82 Å². The molecule has 6 rings (SSSR count). The third-order valence-electron chi connectivity index (χ3n) is 12.2. The van der Waals surface area contributed by atoms with Crippen LogP contribution in [0.5, 0.6) is 5.75 Å². The standard InChI is InChI=1S/C51H55ClN8O6/c1-49(2,3)44(46(65)60-30-37(61)22-40(60)41(62)28-55-26-33-12-9-32(24-53)10-13-33)58-43(63)29-57-42-21-16-34(27-56-42)11-8-31-14-17-35(18-15-31)45(64)59-47-50(4,5)48(51(47,6)7)66-38-20-19-36(25-54)39(52)23-38/h9-10,12-21,23,27,37,40,44,47-48,55,61H,22,26,28-30H2,1-7H3,(H,56,57)(H,58,63)(H,59,64)/t37-,40+,44-,47-,48-/m1/s1. The highest BCUT2D eigenvalue weighted by Gasteiger charge is 2.64. The van der Waals surface area contributed by atoms with Crippen LogP contribution in [-0.4, -0.2) is 88.5 Å². The van der Waals surface area contributed by atoms with Crippen LogP contribution in [0.3, 0.4) is 0 Å². The third-order valence-corrected chi connectivity index (χ3v) is 12.5. The van der Waals surface area contributed by atoms with Crippen LogP contribution in [-0.2, 0) is 20.9 Å². The lowest BCUT2D eigenvalue weighted by Gasteiger charge is -2.63. The summed E-state index contributed by atoms with van der Waals surface area (Å²) in [5, 5.41) is 41.2. The van der Waals surface area contributed by atoms with E-state index in [1.165, 1.54) is 4.90 Å². The molecule has 4 aromatic rings. The van der Waals surface area contributed by atoms with Gasteiger partial charge >= 0.3 is 0 Å². The summed E-state index contributed by atoms with van der Waals surface area (Å²) < 4.78 is 6.34. The second kappa shape index (κ2) is 20.2. The van der Waals surface area contributed by atoms with Crippen molar-refractivity contribution in [3.05, 3.63) is 123 Å². The number of ketones is 1. The molecule has 1 aliphatic carbocycles. The monoisotopic (exact) mass is 910 g/mol. The minimum atomic E-state index is -0.981. The maximum Gasteiger partial charge on any atom is 0.251 e. The normalized spacial score (nSPS) is 19.7. The van der Waals surface area contributed by atoms with Gasteiger partial charge in [-0.1, -0.05) is 84.0 Å². The summed E-state index contributed by atoms with van der Waals surface area (Å²) in [4.78, 5) is 59.7. The van der Waals surface area contributed by atoms with Crippen molar-refractivity contribution >= 4 is 40.9 Å². The van der Waals surface area contributed by atoms with Crippen molar-refractivity contribution < 1.29 is 29.0 Å². The van der Waals surface area contributed by atoms with Crippen molar-refractivity contribution in [2.75, 3.05) is 25.0 Å². The number of aliphatic hydroxyl groups excluding tert-OH is 1. The van der Waals surface area contributed by atoms with E-state index >= 15 is 0 Å². The molecule has 2 fully saturated rings. The Hall–Kier alpha value is -6.76. The van der Waals surface area contributed by atoms with E-state index in [0.29, 0.717) is 51.0 Å². The number of Topliss-reactive ketones (excluding diaryl/α,β-unsaturated/α-hetero) is 1. The number of carbonyl (C=O) groups is 4. The van der Waals surface area contributed by atoms with Gasteiger partial charge in [-0.05, 0) is 71.6 Å². The first kappa shape index (κ1) is 48.7. The molecule has 1 aromatic heterocycles. The van der Waals surface area contributed by atoms with Gasteiger partial charge in [-0.15, -0.1) is 0 Å². The van der Waals surface area contributed by atoms with Crippen LogP contribution < -0.4 is 26.0 Å². The molecule has 14 nitrogen and oxygen atoms in total. The number of halogens is 1. The highest BCUT2D eigenvalue weighted by molar-refractivity contribution is 6.31. The number of β-amino-alcohol motifs (C(OH)–C–C–N with tert-alkyl or cyclic N) is 1. The average Bonchev–Trinajstić information content (AvgIpc) is 3.69. The van der Waals surface area contributed by atoms with E-state index < -0.39 is 46.2 Å². The third kappa shape index (κ3) is 11.4. The first-order valence-electron chi connectivity index (χ1n) is 21.7. The van der Waals surface area contributed by atoms with Gasteiger partial charge < -0.3 is 36.0 Å². The summed E-state index contributed by atoms with van der Waals surface area (Å²) in [5.41, 5.74) is 2.08. The molecule has 3 amide bonds. The fraction of sp³-hybridized carbons (Fsp3) is 0.392. The lowest BCUT2D eigenvalue weighted by atomic mass is 9.49. The van der Waals surface area contributed by atoms with Gasteiger partial charge in [0.2, 0.25) is 11.8 Å². The molecule has 3 aromatic carbocycles. The zero-order valence-corrected chi connectivity index (χ0v) is 38.9. The van der Waals surface area contributed by atoms with E-state index in [1.807, 2.05) is 48.5 Å². The van der Waals surface area contributed by atoms with Gasteiger partial charge in [0.15, 0.2) is 5.78 Å². The van der Waals surface area contributed by atoms with E-state index in [4.69, 9.17) is 21.6 Å². The number of likely N-dealkylation sites (tertiary alicyclic amines) is 1. The van der Waals surface area contributed by atoms with Gasteiger partial charge in [0.1, 0.15) is 29.8 Å². The summed E-state index contributed by atoms with van der Waals surface area (Å²) in [5.74, 6) is 5.77. The second-order valence-corrected chi connectivity index (χ2v) is 19.5. The average molecular weight is 912 g/mol. The van der Waals surface area contributed by atoms with Gasteiger partial charge in [-0.3, -0.25) is 19.2 Å². The van der Waals surface area contributed by atoms with Crippen molar-refractivity contribution in [2.24, 2.45) is 16.2 Å². The quantitative estimate of drug-likeness (QED) is 0.0962. The Balaban J connectivity index is 0.980. The lowest BCUT2D eigenvalue weighted by Crippen LogP contribution is -2.74. The van der Waals surface area contributed by atoms with E-state index in [9.17, 15) is 29.5 Å². The molecule has 0 bridgehead atoms. The number of hydrogen-bond acceptors (Lipinski definition) is 11. The number of rotatable bonds is 14. The summed E-state index contributed by atoms with van der Waals surface area (Å²) in [7, 11) is 0. The zero-order valence-electron chi connectivity index (χ0n) is 38.2. The van der Waals surface area contributed by atoms with Crippen molar-refractivity contribution in [1.29, 1.82) is 10.5 Å². The maximum atomic E-state index is 14.0. The topological polar surface area (TPSA) is 210 Å². The Morgan fingerprint density at radius 2 is 1.55 bits per heavy atom. The molecule has 1 aliphatic heterocycles. The second-order valence-electron chi connectivity index (χ2n) is 19.1. The largest absolute Gasteiger partial charge is 0.489 e. The maximum absolute atomic E-state index is 14.0. The number of aliphatic hydroxyl groups is 1. The number of ether oxygens (including phenoxy) is 1. The molecule has 0 radical (unpaired) electrons. The molecule has 0 spiro atoms. The minimum absolute atomic E-state index is 0.0247. The molecule has 2 heterocycles. The number of carbonyl (C=O) groups excluding carboxylic acids is 4. The SMILES string of the molecule is CC(C)(C)[C@H](NC(=O)CNc1ccc(C#Cc2ccc(C(=O)N[C@H]3C(C)(C)[C@H](Oc4ccc(C#N)c(Cl)c4)C3(C)C)cc2)cn1)C(=O)N1C[C@H](O)C[C@H]1C(=O)CNCc1ccc(C#N)cc1. The Labute approximate surface area is 391 Å². The van der Waals surface area contributed by atoms with Crippen molar-refractivity contribution in [3.8, 4) is 29.7 Å². The summed E-state index contributed by atoms with van der Waals surface area (Å²) in [6.45, 7) is 13.8. The van der Waals surface area contributed by atoms with E-state index in [0.717, 1.165) is 5.56 Å². The highest BCUT2D eigenvalue weighted by atomic mass is 35.5. The number of nitriles is 2. The number of nitrogens with one attached hydrogen (secondary N) is 4. The van der Waals surface area contributed by atoms with Crippen LogP contribution in [0, 0.1) is 50.7 Å². The number of nitrogens with zero attached hydrogens (tertiary/aromatic N) is 4.